The number of pyridine rings is 1. The highest BCUT2D eigenvalue weighted by Gasteiger charge is 2.67. The Morgan fingerprint density at radius 3 is 2.59 bits per heavy atom. The zero-order valence-electron chi connectivity index (χ0n) is 20.0. The van der Waals surface area contributed by atoms with E-state index in [0.717, 1.165) is 0 Å². The molecular weight excluding hydrogens is 494 g/mol. The number of nitriles is 1. The molecular formula is C28H24ClN3O5. The van der Waals surface area contributed by atoms with Gasteiger partial charge in [-0.05, 0) is 24.6 Å². The second-order valence-corrected chi connectivity index (χ2v) is 9.93. The average Bonchev–Trinajstić information content (AvgIpc) is 3.47. The van der Waals surface area contributed by atoms with Gasteiger partial charge >= 0.3 is 0 Å². The van der Waals surface area contributed by atoms with Crippen LogP contribution in [0.15, 0.2) is 54.7 Å². The number of hydrogen-bond acceptors (Lipinski definition) is 7. The minimum atomic E-state index is -1.16. The van der Waals surface area contributed by atoms with Gasteiger partial charge in [0.1, 0.15) is 11.2 Å². The average molecular weight is 518 g/mol. The molecule has 6 rings (SSSR count). The zero-order chi connectivity index (χ0) is 25.9. The summed E-state index contributed by atoms with van der Waals surface area (Å²) in [7, 11) is 0. The molecule has 4 aromatic rings. The van der Waals surface area contributed by atoms with Gasteiger partial charge in [0.05, 0.1) is 46.2 Å². The summed E-state index contributed by atoms with van der Waals surface area (Å²) in [5.41, 5.74) is -0.361. The van der Waals surface area contributed by atoms with Crippen LogP contribution in [0.5, 0.6) is 17.6 Å². The SMILES string of the molecule is CC[C@@]12O[C@@](CCOc3ccc(Cl)cn3)(C[C@H]1O)c1c2c(O)n(-c2ccc(C#N)c3ccccc23)c1O. The van der Waals surface area contributed by atoms with Gasteiger partial charge in [-0.3, -0.25) is 4.57 Å². The van der Waals surface area contributed by atoms with Crippen LogP contribution in [-0.4, -0.2) is 37.6 Å². The maximum atomic E-state index is 11.6. The molecule has 9 heteroatoms. The van der Waals surface area contributed by atoms with Crippen LogP contribution in [0.4, 0.5) is 0 Å². The van der Waals surface area contributed by atoms with Crippen molar-refractivity contribution in [2.45, 2.75) is 43.5 Å². The van der Waals surface area contributed by atoms with Crippen LogP contribution >= 0.6 is 11.6 Å². The molecule has 2 aliphatic rings. The molecule has 0 spiro atoms. The number of aliphatic hydroxyl groups excluding tert-OH is 1. The summed E-state index contributed by atoms with van der Waals surface area (Å²) in [5.74, 6) is 0.0485. The second kappa shape index (κ2) is 8.38. The van der Waals surface area contributed by atoms with Gasteiger partial charge in [0, 0.05) is 35.9 Å². The number of fused-ring (bicyclic) bond motifs is 6. The van der Waals surface area contributed by atoms with E-state index in [1.165, 1.54) is 10.8 Å². The van der Waals surface area contributed by atoms with Crippen LogP contribution in [0.2, 0.25) is 5.02 Å². The fraction of sp³-hybridized carbons (Fsp3) is 0.286. The summed E-state index contributed by atoms with van der Waals surface area (Å²) in [6, 6.07) is 16.3. The minimum Gasteiger partial charge on any atom is -0.494 e. The van der Waals surface area contributed by atoms with E-state index in [1.54, 1.807) is 24.3 Å². The third-order valence-corrected chi connectivity index (χ3v) is 7.91. The van der Waals surface area contributed by atoms with Crippen molar-refractivity contribution in [1.29, 1.82) is 5.26 Å². The maximum absolute atomic E-state index is 11.6. The number of halogens is 1. The molecule has 0 saturated carbocycles. The lowest BCUT2D eigenvalue weighted by molar-refractivity contribution is -0.120. The first kappa shape index (κ1) is 23.6. The quantitative estimate of drug-likeness (QED) is 0.328. The lowest BCUT2D eigenvalue weighted by Crippen LogP contribution is -2.35. The van der Waals surface area contributed by atoms with E-state index >= 15 is 0 Å². The molecule has 2 aromatic heterocycles. The first-order valence-corrected chi connectivity index (χ1v) is 12.5. The van der Waals surface area contributed by atoms with E-state index in [0.29, 0.717) is 56.9 Å². The molecule has 37 heavy (non-hydrogen) atoms. The van der Waals surface area contributed by atoms with Crippen LogP contribution in [-0.2, 0) is 15.9 Å². The number of aromatic hydroxyl groups is 2. The van der Waals surface area contributed by atoms with Crippen molar-refractivity contribution in [3.8, 4) is 29.4 Å². The van der Waals surface area contributed by atoms with Crippen LogP contribution in [0.25, 0.3) is 16.5 Å². The van der Waals surface area contributed by atoms with Gasteiger partial charge in [0.2, 0.25) is 17.6 Å². The molecule has 3 N–H and O–H groups in total. The third-order valence-electron chi connectivity index (χ3n) is 7.68. The normalized spacial score (nSPS) is 23.8. The number of nitrogens with zero attached hydrogens (tertiary/aromatic N) is 3. The largest absolute Gasteiger partial charge is 0.494 e. The predicted molar refractivity (Wildman–Crippen MR) is 136 cm³/mol. The number of benzene rings is 2. The molecule has 1 saturated heterocycles. The summed E-state index contributed by atoms with van der Waals surface area (Å²) in [6.45, 7) is 2.08. The first-order valence-electron chi connectivity index (χ1n) is 12.1. The molecule has 0 radical (unpaired) electrons. The van der Waals surface area contributed by atoms with Gasteiger partial charge in [-0.2, -0.15) is 5.26 Å². The number of hydrogen-bond donors (Lipinski definition) is 3. The Labute approximate surface area is 217 Å². The molecule has 8 nitrogen and oxygen atoms in total. The fourth-order valence-electron chi connectivity index (χ4n) is 6.02. The Kier molecular flexibility index (Phi) is 5.35. The molecule has 0 amide bonds. The van der Waals surface area contributed by atoms with Gasteiger partial charge in [-0.1, -0.05) is 42.8 Å². The van der Waals surface area contributed by atoms with Crippen LogP contribution < -0.4 is 4.74 Å². The summed E-state index contributed by atoms with van der Waals surface area (Å²) in [5, 5.41) is 45.8. The molecule has 2 bridgehead atoms. The summed E-state index contributed by atoms with van der Waals surface area (Å²) < 4.78 is 13.7. The standard InChI is InChI=1S/C28H24ClN3O5/c1-2-28-21(33)13-27(37-28,11-12-36-22-10-8-17(29)15-31-22)23-24(28)26(35)32(25(23)34)20-9-7-16(14-30)18-5-3-4-6-19(18)20/h3-10,15,21,33-35H,2,11-13H2,1H3/t21-,27+,28-/m1/s1. The Hall–Kier alpha value is -3.77. The monoisotopic (exact) mass is 517 g/mol. The summed E-state index contributed by atoms with van der Waals surface area (Å²) in [4.78, 5) is 4.15. The van der Waals surface area contributed by atoms with Gasteiger partial charge in [-0.25, -0.2) is 4.98 Å². The lowest BCUT2D eigenvalue weighted by atomic mass is 9.74. The number of aliphatic hydroxyl groups is 1. The van der Waals surface area contributed by atoms with E-state index in [-0.39, 0.29) is 24.8 Å². The first-order chi connectivity index (χ1) is 17.8. The highest BCUT2D eigenvalue weighted by Crippen LogP contribution is 2.66. The fourth-order valence-corrected chi connectivity index (χ4v) is 6.13. The van der Waals surface area contributed by atoms with Crippen molar-refractivity contribution in [1.82, 2.24) is 9.55 Å². The van der Waals surface area contributed by atoms with E-state index < -0.39 is 17.3 Å². The van der Waals surface area contributed by atoms with E-state index in [9.17, 15) is 20.6 Å². The van der Waals surface area contributed by atoms with Crippen molar-refractivity contribution >= 4 is 22.4 Å². The zero-order valence-corrected chi connectivity index (χ0v) is 20.7. The Morgan fingerprint density at radius 1 is 1.14 bits per heavy atom. The second-order valence-electron chi connectivity index (χ2n) is 9.49. The van der Waals surface area contributed by atoms with Gasteiger partial charge < -0.3 is 24.8 Å². The molecule has 0 aliphatic carbocycles. The van der Waals surface area contributed by atoms with Gasteiger partial charge in [0.25, 0.3) is 0 Å². The molecule has 1 fully saturated rings. The van der Waals surface area contributed by atoms with E-state index in [2.05, 4.69) is 11.1 Å². The third kappa shape index (κ3) is 3.25. The predicted octanol–water partition coefficient (Wildman–Crippen LogP) is 5.03. The number of rotatable bonds is 6. The smallest absolute Gasteiger partial charge is 0.213 e. The Balaban J connectivity index is 1.47. The molecule has 188 valence electrons. The Bertz CT molecular complexity index is 1580. The molecule has 2 aromatic carbocycles. The van der Waals surface area contributed by atoms with Crippen molar-refractivity contribution in [2.24, 2.45) is 0 Å². The number of aromatic nitrogens is 2. The highest BCUT2D eigenvalue weighted by atomic mass is 35.5. The molecule has 3 atom stereocenters. The van der Waals surface area contributed by atoms with Crippen molar-refractivity contribution in [2.75, 3.05) is 6.61 Å². The van der Waals surface area contributed by atoms with Crippen LogP contribution in [0, 0.1) is 11.3 Å². The van der Waals surface area contributed by atoms with Crippen molar-refractivity contribution in [3.63, 3.8) is 0 Å². The summed E-state index contributed by atoms with van der Waals surface area (Å²) >= 11 is 5.91. The topological polar surface area (TPSA) is 121 Å². The summed E-state index contributed by atoms with van der Waals surface area (Å²) in [6.07, 6.45) is 1.57. The van der Waals surface area contributed by atoms with Gasteiger partial charge in [-0.15, -0.1) is 0 Å². The highest BCUT2D eigenvalue weighted by molar-refractivity contribution is 6.30. The maximum Gasteiger partial charge on any atom is 0.213 e. The molecule has 2 aliphatic heterocycles. The Morgan fingerprint density at radius 2 is 1.89 bits per heavy atom. The van der Waals surface area contributed by atoms with E-state index in [1.807, 2.05) is 31.2 Å². The lowest BCUT2D eigenvalue weighted by Gasteiger charge is -2.28. The van der Waals surface area contributed by atoms with Crippen LogP contribution in [0.1, 0.15) is 42.9 Å². The minimum absolute atomic E-state index is 0.158. The van der Waals surface area contributed by atoms with Crippen molar-refractivity contribution in [3.05, 3.63) is 76.4 Å². The molecule has 0 unspecified atom stereocenters. The van der Waals surface area contributed by atoms with Crippen molar-refractivity contribution < 1.29 is 24.8 Å². The van der Waals surface area contributed by atoms with Crippen LogP contribution in [0.3, 0.4) is 0 Å². The molecule has 4 heterocycles. The number of ether oxygens (including phenoxy) is 2. The van der Waals surface area contributed by atoms with Gasteiger partial charge in [0.15, 0.2) is 0 Å². The van der Waals surface area contributed by atoms with E-state index in [4.69, 9.17) is 21.1 Å².